The van der Waals surface area contributed by atoms with Crippen LogP contribution in [-0.4, -0.2) is 24.5 Å². The van der Waals surface area contributed by atoms with Crippen LogP contribution >= 0.6 is 11.6 Å². The van der Waals surface area contributed by atoms with Gasteiger partial charge in [-0.1, -0.05) is 23.7 Å². The highest BCUT2D eigenvalue weighted by Crippen LogP contribution is 2.16. The van der Waals surface area contributed by atoms with Crippen LogP contribution in [0.4, 0.5) is 5.69 Å². The normalized spacial score (nSPS) is 10.4. The van der Waals surface area contributed by atoms with Crippen molar-refractivity contribution in [2.45, 2.75) is 26.4 Å². The number of hydrogen-bond donors (Lipinski definition) is 2. The van der Waals surface area contributed by atoms with E-state index in [2.05, 4.69) is 10.6 Å². The van der Waals surface area contributed by atoms with Crippen molar-refractivity contribution in [1.82, 2.24) is 5.32 Å². The van der Waals surface area contributed by atoms with Crippen LogP contribution in [0.3, 0.4) is 0 Å². The first-order valence-electron chi connectivity index (χ1n) is 8.04. The van der Waals surface area contributed by atoms with Crippen LogP contribution in [0.25, 0.3) is 0 Å². The molecule has 2 amide bonds. The third-order valence-corrected chi connectivity index (χ3v) is 3.55. The zero-order valence-electron chi connectivity index (χ0n) is 14.2. The number of rotatable bonds is 6. The highest BCUT2D eigenvalue weighted by Gasteiger charge is 2.13. The van der Waals surface area contributed by atoms with Crippen molar-refractivity contribution in [2.24, 2.45) is 0 Å². The zero-order valence-corrected chi connectivity index (χ0v) is 15.0. The van der Waals surface area contributed by atoms with E-state index in [0.29, 0.717) is 29.4 Å². The molecule has 2 rings (SSSR count). The summed E-state index contributed by atoms with van der Waals surface area (Å²) in [6.45, 7) is 4.24. The fourth-order valence-electron chi connectivity index (χ4n) is 2.13. The molecule has 0 aromatic heterocycles. The van der Waals surface area contributed by atoms with Gasteiger partial charge in [-0.15, -0.1) is 0 Å². The Morgan fingerprint density at radius 1 is 1.00 bits per heavy atom. The van der Waals surface area contributed by atoms with Gasteiger partial charge in [0, 0.05) is 17.3 Å². The minimum absolute atomic E-state index is 0.0758. The third-order valence-electron chi connectivity index (χ3n) is 3.30. The molecule has 5 nitrogen and oxygen atoms in total. The van der Waals surface area contributed by atoms with E-state index in [1.165, 1.54) is 0 Å². The largest absolute Gasteiger partial charge is 0.491 e. The SMILES string of the molecule is CC(C)Oc1ccc(NC(=O)C(=O)NCCc2ccc(Cl)cc2)cc1. The molecule has 2 aromatic rings. The van der Waals surface area contributed by atoms with E-state index in [1.54, 1.807) is 36.4 Å². The molecule has 0 radical (unpaired) electrons. The smallest absolute Gasteiger partial charge is 0.313 e. The van der Waals surface area contributed by atoms with Crippen molar-refractivity contribution in [3.05, 3.63) is 59.1 Å². The van der Waals surface area contributed by atoms with E-state index < -0.39 is 11.8 Å². The molecule has 25 heavy (non-hydrogen) atoms. The van der Waals surface area contributed by atoms with E-state index in [-0.39, 0.29) is 6.10 Å². The molecular formula is C19H21ClN2O3. The standard InChI is InChI=1S/C19H21ClN2O3/c1-13(2)25-17-9-7-16(8-10-17)22-19(24)18(23)21-12-11-14-3-5-15(20)6-4-14/h3-10,13H,11-12H2,1-2H3,(H,21,23)(H,22,24). The minimum atomic E-state index is -0.700. The van der Waals surface area contributed by atoms with Gasteiger partial charge in [-0.25, -0.2) is 0 Å². The summed E-state index contributed by atoms with van der Waals surface area (Å²) in [5.74, 6) is -0.662. The predicted octanol–water partition coefficient (Wildman–Crippen LogP) is 3.42. The lowest BCUT2D eigenvalue weighted by atomic mass is 10.1. The molecule has 0 bridgehead atoms. The quantitative estimate of drug-likeness (QED) is 0.775. The number of nitrogens with one attached hydrogen (secondary N) is 2. The molecule has 0 aliphatic rings. The number of benzene rings is 2. The van der Waals surface area contributed by atoms with E-state index in [9.17, 15) is 9.59 Å². The number of ether oxygens (including phenoxy) is 1. The van der Waals surface area contributed by atoms with Crippen molar-refractivity contribution in [1.29, 1.82) is 0 Å². The van der Waals surface area contributed by atoms with Crippen molar-refractivity contribution in [3.63, 3.8) is 0 Å². The van der Waals surface area contributed by atoms with Gasteiger partial charge in [0.05, 0.1) is 6.10 Å². The monoisotopic (exact) mass is 360 g/mol. The van der Waals surface area contributed by atoms with Gasteiger partial charge in [0.25, 0.3) is 0 Å². The molecular weight excluding hydrogens is 340 g/mol. The minimum Gasteiger partial charge on any atom is -0.491 e. The maximum Gasteiger partial charge on any atom is 0.313 e. The molecule has 2 N–H and O–H groups in total. The Morgan fingerprint density at radius 2 is 1.64 bits per heavy atom. The van der Waals surface area contributed by atoms with E-state index in [4.69, 9.17) is 16.3 Å². The number of amides is 2. The molecule has 0 unspecified atom stereocenters. The number of carbonyl (C=O) groups excluding carboxylic acids is 2. The fourth-order valence-corrected chi connectivity index (χ4v) is 2.25. The summed E-state index contributed by atoms with van der Waals surface area (Å²) < 4.78 is 5.52. The number of halogens is 1. The topological polar surface area (TPSA) is 67.4 Å². The fraction of sp³-hybridized carbons (Fsp3) is 0.263. The van der Waals surface area contributed by atoms with E-state index in [1.807, 2.05) is 26.0 Å². The van der Waals surface area contributed by atoms with Crippen LogP contribution in [0, 0.1) is 0 Å². The summed E-state index contributed by atoms with van der Waals surface area (Å²) in [6, 6.07) is 14.2. The van der Waals surface area contributed by atoms with Crippen LogP contribution in [0.5, 0.6) is 5.75 Å². The predicted molar refractivity (Wildman–Crippen MR) is 99.0 cm³/mol. The van der Waals surface area contributed by atoms with E-state index in [0.717, 1.165) is 5.56 Å². The Kier molecular flexibility index (Phi) is 6.83. The summed E-state index contributed by atoms with van der Waals surface area (Å²) >= 11 is 5.82. The van der Waals surface area contributed by atoms with Gasteiger partial charge < -0.3 is 15.4 Å². The maximum atomic E-state index is 11.9. The van der Waals surface area contributed by atoms with Gasteiger partial charge in [0.1, 0.15) is 5.75 Å². The summed E-state index contributed by atoms with van der Waals surface area (Å²) in [5.41, 5.74) is 1.57. The van der Waals surface area contributed by atoms with Crippen LogP contribution < -0.4 is 15.4 Å². The van der Waals surface area contributed by atoms with Crippen molar-refractivity contribution in [3.8, 4) is 5.75 Å². The van der Waals surface area contributed by atoms with Gasteiger partial charge in [-0.2, -0.15) is 0 Å². The van der Waals surface area contributed by atoms with Gasteiger partial charge in [-0.3, -0.25) is 9.59 Å². The lowest BCUT2D eigenvalue weighted by Crippen LogP contribution is -2.36. The van der Waals surface area contributed by atoms with Gasteiger partial charge in [0.2, 0.25) is 0 Å². The second-order valence-corrected chi connectivity index (χ2v) is 6.21. The maximum absolute atomic E-state index is 11.9. The lowest BCUT2D eigenvalue weighted by Gasteiger charge is -2.10. The highest BCUT2D eigenvalue weighted by atomic mass is 35.5. The molecule has 0 aliphatic heterocycles. The summed E-state index contributed by atoms with van der Waals surface area (Å²) in [7, 11) is 0. The third kappa shape index (κ3) is 6.47. The lowest BCUT2D eigenvalue weighted by molar-refractivity contribution is -0.136. The molecule has 0 atom stereocenters. The van der Waals surface area contributed by atoms with Gasteiger partial charge in [-0.05, 0) is 62.2 Å². The first kappa shape index (κ1) is 18.8. The Balaban J connectivity index is 1.77. The molecule has 132 valence electrons. The van der Waals surface area contributed by atoms with Crippen LogP contribution in [0.1, 0.15) is 19.4 Å². The second kappa shape index (κ2) is 9.08. The Morgan fingerprint density at radius 3 is 2.24 bits per heavy atom. The molecule has 0 spiro atoms. The Bertz CT molecular complexity index is 712. The summed E-state index contributed by atoms with van der Waals surface area (Å²) in [6.07, 6.45) is 0.698. The molecule has 6 heteroatoms. The van der Waals surface area contributed by atoms with Crippen molar-refractivity contribution >= 4 is 29.1 Å². The first-order valence-corrected chi connectivity index (χ1v) is 8.42. The number of hydrogen-bond acceptors (Lipinski definition) is 3. The summed E-state index contributed by atoms with van der Waals surface area (Å²) in [5, 5.41) is 5.81. The average Bonchev–Trinajstić information content (AvgIpc) is 2.58. The average molecular weight is 361 g/mol. The first-order chi connectivity index (χ1) is 11.9. The van der Waals surface area contributed by atoms with Gasteiger partial charge in [0.15, 0.2) is 0 Å². The number of anilines is 1. The second-order valence-electron chi connectivity index (χ2n) is 5.78. The van der Waals surface area contributed by atoms with Crippen LogP contribution in [0.2, 0.25) is 5.02 Å². The number of carbonyl (C=O) groups is 2. The Labute approximate surface area is 152 Å². The van der Waals surface area contributed by atoms with Crippen molar-refractivity contribution in [2.75, 3.05) is 11.9 Å². The summed E-state index contributed by atoms with van der Waals surface area (Å²) in [4.78, 5) is 23.7. The van der Waals surface area contributed by atoms with E-state index >= 15 is 0 Å². The molecule has 0 fully saturated rings. The molecule has 0 heterocycles. The van der Waals surface area contributed by atoms with Crippen LogP contribution in [-0.2, 0) is 16.0 Å². The molecule has 0 saturated carbocycles. The Hall–Kier alpha value is -2.53. The molecule has 0 saturated heterocycles. The van der Waals surface area contributed by atoms with Crippen molar-refractivity contribution < 1.29 is 14.3 Å². The zero-order chi connectivity index (χ0) is 18.2. The molecule has 0 aliphatic carbocycles. The highest BCUT2D eigenvalue weighted by molar-refractivity contribution is 6.39. The van der Waals surface area contributed by atoms with Gasteiger partial charge >= 0.3 is 11.8 Å². The molecule has 2 aromatic carbocycles. The van der Waals surface area contributed by atoms with Crippen LogP contribution in [0.15, 0.2) is 48.5 Å².